The molecule has 0 saturated carbocycles. The number of ether oxygens (including phenoxy) is 2. The predicted octanol–water partition coefficient (Wildman–Crippen LogP) is 4.28. The highest BCUT2D eigenvalue weighted by Crippen LogP contribution is 2.22. The summed E-state index contributed by atoms with van der Waals surface area (Å²) >= 11 is 0. The predicted molar refractivity (Wildman–Crippen MR) is 98.5 cm³/mol. The molecule has 2 aromatic carbocycles. The molecule has 0 spiro atoms. The van der Waals surface area contributed by atoms with Crippen LogP contribution in [0.2, 0.25) is 0 Å². The van der Waals surface area contributed by atoms with E-state index in [1.54, 1.807) is 37.6 Å². The molecule has 25 heavy (non-hydrogen) atoms. The monoisotopic (exact) mass is 336 g/mol. The molecule has 0 unspecified atom stereocenters. The van der Waals surface area contributed by atoms with Gasteiger partial charge in [0.15, 0.2) is 0 Å². The lowest BCUT2D eigenvalue weighted by Crippen LogP contribution is -2.12. The number of nitrogens with zero attached hydrogens (tertiary/aromatic N) is 1. The zero-order valence-corrected chi connectivity index (χ0v) is 14.4. The molecule has 1 aromatic heterocycles. The number of rotatable bonds is 5. The van der Waals surface area contributed by atoms with Crippen LogP contribution in [0, 0.1) is 0 Å². The molecule has 0 aliphatic carbocycles. The van der Waals surface area contributed by atoms with Gasteiger partial charge in [-0.15, -0.1) is 0 Å². The van der Waals surface area contributed by atoms with E-state index in [0.717, 1.165) is 22.4 Å². The zero-order chi connectivity index (χ0) is 17.8. The number of carbonyl (C=O) groups is 1. The van der Waals surface area contributed by atoms with Gasteiger partial charge in [-0.1, -0.05) is 0 Å². The molecule has 0 saturated heterocycles. The summed E-state index contributed by atoms with van der Waals surface area (Å²) in [7, 11) is 1.62. The number of nitrogens with one attached hydrogen (secondary N) is 1. The lowest BCUT2D eigenvalue weighted by Gasteiger charge is -2.10. The Kier molecular flexibility index (Phi) is 4.84. The average molecular weight is 336 g/mol. The summed E-state index contributed by atoms with van der Waals surface area (Å²) in [5, 5.41) is 3.80. The first-order valence-corrected chi connectivity index (χ1v) is 8.07. The highest BCUT2D eigenvalue weighted by Gasteiger charge is 2.08. The maximum absolute atomic E-state index is 12.4. The van der Waals surface area contributed by atoms with Crippen molar-refractivity contribution in [2.24, 2.45) is 0 Å². The standard InChI is InChI=1S/C20H20N2O3/c1-13(2)25-17-7-4-14(5-8-17)20(23)22-16-10-15-6-9-18(24-3)11-19(15)21-12-16/h4-13H,1-3H3,(H,22,23). The van der Waals surface area contributed by atoms with Gasteiger partial charge in [0.25, 0.3) is 5.91 Å². The summed E-state index contributed by atoms with van der Waals surface area (Å²) in [4.78, 5) is 16.8. The number of fused-ring (bicyclic) bond motifs is 1. The molecule has 0 aliphatic heterocycles. The van der Waals surface area contributed by atoms with Gasteiger partial charge in [0.2, 0.25) is 0 Å². The molecular weight excluding hydrogens is 316 g/mol. The molecule has 3 aromatic rings. The van der Waals surface area contributed by atoms with Crippen molar-refractivity contribution in [2.45, 2.75) is 20.0 Å². The summed E-state index contributed by atoms with van der Waals surface area (Å²) < 4.78 is 10.8. The first-order valence-electron chi connectivity index (χ1n) is 8.07. The van der Waals surface area contributed by atoms with Crippen molar-refractivity contribution in [2.75, 3.05) is 12.4 Å². The molecule has 5 heteroatoms. The van der Waals surface area contributed by atoms with Crippen LogP contribution in [0.1, 0.15) is 24.2 Å². The van der Waals surface area contributed by atoms with E-state index in [1.807, 2.05) is 38.1 Å². The lowest BCUT2D eigenvalue weighted by molar-refractivity contribution is 0.102. The van der Waals surface area contributed by atoms with Crippen molar-refractivity contribution < 1.29 is 14.3 Å². The van der Waals surface area contributed by atoms with Gasteiger partial charge >= 0.3 is 0 Å². The number of benzene rings is 2. The molecule has 0 atom stereocenters. The van der Waals surface area contributed by atoms with Crippen molar-refractivity contribution in [3.8, 4) is 11.5 Å². The topological polar surface area (TPSA) is 60.5 Å². The van der Waals surface area contributed by atoms with Crippen molar-refractivity contribution >= 4 is 22.5 Å². The van der Waals surface area contributed by atoms with Gasteiger partial charge in [-0.25, -0.2) is 0 Å². The Balaban J connectivity index is 1.75. The molecular formula is C20H20N2O3. The molecule has 0 radical (unpaired) electrons. The van der Waals surface area contributed by atoms with Gasteiger partial charge in [-0.3, -0.25) is 9.78 Å². The zero-order valence-electron chi connectivity index (χ0n) is 14.4. The van der Waals surface area contributed by atoms with Crippen LogP contribution in [0.4, 0.5) is 5.69 Å². The molecule has 3 rings (SSSR count). The molecule has 0 fully saturated rings. The SMILES string of the molecule is COc1ccc2cc(NC(=O)c3ccc(OC(C)C)cc3)cnc2c1. The third kappa shape index (κ3) is 4.07. The normalized spacial score (nSPS) is 10.7. The van der Waals surface area contributed by atoms with E-state index in [9.17, 15) is 4.79 Å². The van der Waals surface area contributed by atoms with Crippen LogP contribution in [0.5, 0.6) is 11.5 Å². The first kappa shape index (κ1) is 16.8. The minimum absolute atomic E-state index is 0.0991. The number of aromatic nitrogens is 1. The lowest BCUT2D eigenvalue weighted by atomic mass is 10.2. The average Bonchev–Trinajstić information content (AvgIpc) is 2.61. The molecule has 0 aliphatic rings. The smallest absolute Gasteiger partial charge is 0.255 e. The van der Waals surface area contributed by atoms with Gasteiger partial charge in [0, 0.05) is 17.0 Å². The minimum atomic E-state index is -0.189. The molecule has 5 nitrogen and oxygen atoms in total. The van der Waals surface area contributed by atoms with Crippen molar-refractivity contribution in [1.82, 2.24) is 4.98 Å². The largest absolute Gasteiger partial charge is 0.497 e. The summed E-state index contributed by atoms with van der Waals surface area (Å²) in [5.74, 6) is 1.30. The number of methoxy groups -OCH3 is 1. The van der Waals surface area contributed by atoms with Gasteiger partial charge in [0.05, 0.1) is 30.6 Å². The number of anilines is 1. The highest BCUT2D eigenvalue weighted by atomic mass is 16.5. The van der Waals surface area contributed by atoms with E-state index in [4.69, 9.17) is 9.47 Å². The fourth-order valence-electron chi connectivity index (χ4n) is 2.46. The van der Waals surface area contributed by atoms with Gasteiger partial charge in [-0.2, -0.15) is 0 Å². The second-order valence-electron chi connectivity index (χ2n) is 5.93. The summed E-state index contributed by atoms with van der Waals surface area (Å²) in [6.07, 6.45) is 1.73. The van der Waals surface area contributed by atoms with E-state index in [1.165, 1.54) is 0 Å². The Bertz CT molecular complexity index is 889. The van der Waals surface area contributed by atoms with Crippen LogP contribution in [0.3, 0.4) is 0 Å². The fraction of sp³-hybridized carbons (Fsp3) is 0.200. The maximum atomic E-state index is 12.4. The second-order valence-corrected chi connectivity index (χ2v) is 5.93. The summed E-state index contributed by atoms with van der Waals surface area (Å²) in [5.41, 5.74) is 2.02. The maximum Gasteiger partial charge on any atom is 0.255 e. The molecule has 1 heterocycles. The van der Waals surface area contributed by atoms with Crippen LogP contribution < -0.4 is 14.8 Å². The molecule has 128 valence electrons. The van der Waals surface area contributed by atoms with Crippen LogP contribution in [-0.2, 0) is 0 Å². The van der Waals surface area contributed by atoms with E-state index in [0.29, 0.717) is 11.3 Å². The third-order valence-electron chi connectivity index (χ3n) is 3.64. The van der Waals surface area contributed by atoms with Crippen LogP contribution in [0.15, 0.2) is 54.7 Å². The van der Waals surface area contributed by atoms with Crippen molar-refractivity contribution in [1.29, 1.82) is 0 Å². The molecule has 1 amide bonds. The third-order valence-corrected chi connectivity index (χ3v) is 3.64. The number of carbonyl (C=O) groups excluding carboxylic acids is 1. The van der Waals surface area contributed by atoms with Gasteiger partial charge < -0.3 is 14.8 Å². The number of amides is 1. The molecule has 1 N–H and O–H groups in total. The Morgan fingerprint density at radius 1 is 1.04 bits per heavy atom. The van der Waals surface area contributed by atoms with Crippen LogP contribution >= 0.6 is 0 Å². The van der Waals surface area contributed by atoms with E-state index < -0.39 is 0 Å². The Labute approximate surface area is 146 Å². The van der Waals surface area contributed by atoms with Crippen LogP contribution in [-0.4, -0.2) is 24.1 Å². The fourth-order valence-corrected chi connectivity index (χ4v) is 2.46. The van der Waals surface area contributed by atoms with Crippen LogP contribution in [0.25, 0.3) is 10.9 Å². The Morgan fingerprint density at radius 3 is 2.44 bits per heavy atom. The summed E-state index contributed by atoms with van der Waals surface area (Å²) in [6.45, 7) is 3.92. The number of hydrogen-bond donors (Lipinski definition) is 1. The van der Waals surface area contributed by atoms with E-state index in [-0.39, 0.29) is 12.0 Å². The van der Waals surface area contributed by atoms with E-state index >= 15 is 0 Å². The van der Waals surface area contributed by atoms with Gasteiger partial charge in [0.1, 0.15) is 11.5 Å². The number of hydrogen-bond acceptors (Lipinski definition) is 4. The number of pyridine rings is 1. The minimum Gasteiger partial charge on any atom is -0.497 e. The highest BCUT2D eigenvalue weighted by molar-refractivity contribution is 6.05. The van der Waals surface area contributed by atoms with E-state index in [2.05, 4.69) is 10.3 Å². The molecule has 0 bridgehead atoms. The Hall–Kier alpha value is -3.08. The van der Waals surface area contributed by atoms with Crippen molar-refractivity contribution in [3.63, 3.8) is 0 Å². The van der Waals surface area contributed by atoms with Crippen molar-refractivity contribution in [3.05, 3.63) is 60.3 Å². The summed E-state index contributed by atoms with van der Waals surface area (Å²) in [6, 6.07) is 14.6. The first-order chi connectivity index (χ1) is 12.0. The van der Waals surface area contributed by atoms with Gasteiger partial charge in [-0.05, 0) is 56.3 Å². The second kappa shape index (κ2) is 7.21. The Morgan fingerprint density at radius 2 is 1.76 bits per heavy atom. The quantitative estimate of drug-likeness (QED) is 0.755.